The average molecular weight is 1520 g/mol. The number of benzene rings is 3. The second-order valence-electron chi connectivity index (χ2n) is 30.7. The van der Waals surface area contributed by atoms with E-state index in [-0.39, 0.29) is 107 Å². The third-order valence-electron chi connectivity index (χ3n) is 19.4. The highest BCUT2D eigenvalue weighted by atomic mass is 19.4. The van der Waals surface area contributed by atoms with Gasteiger partial charge in [0.05, 0.1) is 35.7 Å². The number of piperazine rings is 3. The largest absolute Gasteiger partial charge is 0.444 e. The van der Waals surface area contributed by atoms with Crippen molar-refractivity contribution in [3.63, 3.8) is 0 Å². The highest BCUT2D eigenvalue weighted by molar-refractivity contribution is 5.95. The van der Waals surface area contributed by atoms with Crippen molar-refractivity contribution < 1.29 is 70.1 Å². The van der Waals surface area contributed by atoms with Crippen molar-refractivity contribution in [2.75, 3.05) is 58.9 Å². The molecule has 4 fully saturated rings. The number of aromatic nitrogens is 10. The predicted molar refractivity (Wildman–Crippen MR) is 393 cm³/mol. The van der Waals surface area contributed by atoms with Gasteiger partial charge in [-0.05, 0) is 166 Å². The Balaban J connectivity index is 0.000000154. The summed E-state index contributed by atoms with van der Waals surface area (Å²) in [4.78, 5) is 105. The van der Waals surface area contributed by atoms with E-state index in [0.717, 1.165) is 64.0 Å². The fraction of sp³-hybridized carbons (Fsp3) is 0.405. The maximum atomic E-state index is 13.9. The Kier molecular flexibility index (Phi) is 22.9. The zero-order valence-electron chi connectivity index (χ0n) is 62.3. The highest BCUT2D eigenvalue weighted by Crippen LogP contribution is 2.43. The lowest BCUT2D eigenvalue weighted by Gasteiger charge is -2.40. The molecule has 3 saturated heterocycles. The van der Waals surface area contributed by atoms with E-state index in [9.17, 15) is 65.3 Å². The molecule has 0 unspecified atom stereocenters. The summed E-state index contributed by atoms with van der Waals surface area (Å²) in [6, 6.07) is 26.1. The summed E-state index contributed by atoms with van der Waals surface area (Å²) < 4.78 is 91.1. The fourth-order valence-electron chi connectivity index (χ4n) is 13.6. The molecule has 6 amide bonds. The van der Waals surface area contributed by atoms with Gasteiger partial charge < -0.3 is 44.3 Å². The molecule has 2 N–H and O–H groups in total. The van der Waals surface area contributed by atoms with E-state index < -0.39 is 53.5 Å². The summed E-state index contributed by atoms with van der Waals surface area (Å²) in [5, 5.41) is 34.2. The van der Waals surface area contributed by atoms with Crippen LogP contribution >= 0.6 is 0 Å². The Bertz CT molecular complexity index is 5020. The van der Waals surface area contributed by atoms with Crippen LogP contribution in [0, 0.1) is 28.3 Å². The van der Waals surface area contributed by atoms with Crippen molar-refractivity contribution in [1.29, 1.82) is 0 Å². The number of alkyl halides is 3. The zero-order chi connectivity index (χ0) is 78.8. The first-order valence-electron chi connectivity index (χ1n) is 36.3. The molecule has 4 aliphatic rings. The molecule has 0 spiro atoms. The smallest absolute Gasteiger partial charge is 0.420 e. The van der Waals surface area contributed by atoms with E-state index in [2.05, 4.69) is 35.2 Å². The van der Waals surface area contributed by atoms with Crippen molar-refractivity contribution in [3.8, 4) is 33.8 Å². The van der Waals surface area contributed by atoms with Crippen LogP contribution in [0.15, 0.2) is 140 Å². The predicted octanol–water partition coefficient (Wildman–Crippen LogP) is 11.3. The van der Waals surface area contributed by atoms with Gasteiger partial charge in [-0.2, -0.15) is 28.5 Å². The van der Waals surface area contributed by atoms with Gasteiger partial charge in [0.1, 0.15) is 58.9 Å². The minimum atomic E-state index is -4.78. The maximum absolute atomic E-state index is 13.9. The lowest BCUT2D eigenvalue weighted by atomic mass is 9.88. The molecule has 0 radical (unpaired) electrons. The van der Waals surface area contributed by atoms with Crippen LogP contribution in [-0.4, -0.2) is 213 Å². The number of rotatable bonds is 13. The Morgan fingerprint density at radius 1 is 0.509 bits per heavy atom. The molecule has 1 aliphatic carbocycles. The van der Waals surface area contributed by atoms with Crippen LogP contribution in [-0.2, 0) is 27.1 Å². The third kappa shape index (κ3) is 18.6. The van der Waals surface area contributed by atoms with Crippen molar-refractivity contribution in [2.24, 2.45) is 10.8 Å². The van der Waals surface area contributed by atoms with Gasteiger partial charge in [-0.1, -0.05) is 47.6 Å². The number of pyridine rings is 1. The van der Waals surface area contributed by atoms with Crippen LogP contribution in [0.2, 0.25) is 0 Å². The number of ether oxygens (including phenoxy) is 1. The number of hydrogen-bond acceptors (Lipinski definition) is 16. The van der Waals surface area contributed by atoms with Crippen LogP contribution < -0.4 is 0 Å². The first kappa shape index (κ1) is 78.4. The van der Waals surface area contributed by atoms with Crippen LogP contribution in [0.4, 0.5) is 31.1 Å². The molecule has 3 aliphatic heterocycles. The lowest BCUT2D eigenvalue weighted by molar-refractivity contribution is -0.146. The van der Waals surface area contributed by atoms with Crippen molar-refractivity contribution in [3.05, 3.63) is 191 Å². The number of halogens is 6. The topological polar surface area (TPSA) is 275 Å². The van der Waals surface area contributed by atoms with E-state index in [1.807, 2.05) is 61.5 Å². The molecule has 31 heteroatoms. The Hall–Kier alpha value is -11.2. The summed E-state index contributed by atoms with van der Waals surface area (Å²) in [6.07, 6.45) is 3.04. The molecule has 10 heterocycles. The molecule has 3 aromatic carbocycles. The van der Waals surface area contributed by atoms with Gasteiger partial charge in [-0.25, -0.2) is 46.5 Å². The molecule has 110 heavy (non-hydrogen) atoms. The van der Waals surface area contributed by atoms with E-state index in [0.29, 0.717) is 86.4 Å². The van der Waals surface area contributed by atoms with Crippen LogP contribution in [0.3, 0.4) is 0 Å². The minimum Gasteiger partial charge on any atom is -0.444 e. The number of hydrogen-bond donors (Lipinski definition) is 2. The third-order valence-corrected chi connectivity index (χ3v) is 19.4. The second-order valence-corrected chi connectivity index (χ2v) is 30.7. The minimum absolute atomic E-state index is 0.0498. The Morgan fingerprint density at radius 2 is 0.927 bits per heavy atom. The molecule has 1 saturated carbocycles. The van der Waals surface area contributed by atoms with Gasteiger partial charge in [0, 0.05) is 117 Å². The van der Waals surface area contributed by atoms with Crippen molar-refractivity contribution in [1.82, 2.24) is 78.2 Å². The number of imidazole rings is 3. The summed E-state index contributed by atoms with van der Waals surface area (Å²) in [5.74, 6) is -2.39. The molecule has 25 nitrogen and oxygen atoms in total. The van der Waals surface area contributed by atoms with Crippen LogP contribution in [0.1, 0.15) is 142 Å². The number of carbonyl (C=O) groups excluding carboxylic acids is 6. The quantitative estimate of drug-likeness (QED) is 0.102. The highest BCUT2D eigenvalue weighted by Gasteiger charge is 2.40. The summed E-state index contributed by atoms with van der Waals surface area (Å²) >= 11 is 0. The monoisotopic (exact) mass is 1520 g/mol. The molecule has 14 rings (SSSR count). The summed E-state index contributed by atoms with van der Waals surface area (Å²) in [5.41, 5.74) is 4.52. The number of aliphatic hydroxyl groups excluding tert-OH is 2. The second kappa shape index (κ2) is 32.2. The first-order chi connectivity index (χ1) is 52.1. The van der Waals surface area contributed by atoms with Gasteiger partial charge >= 0.3 is 12.3 Å². The van der Waals surface area contributed by atoms with E-state index in [1.165, 1.54) is 50.7 Å². The molecule has 578 valence electrons. The first-order valence-corrected chi connectivity index (χ1v) is 36.3. The standard InChI is InChI=1S/C28H34FN5O3.C26H22F4N6O3.C25H30FN5O3/c1-17-15-32(11-12-33(17)27(37)24(35)14-28(2,3)4)26(36)23-16-34-25(30-23)21(18-5-6-18)13-22(31-34)19-7-9-20(29)10-8-19;1-16-13-34(9-10-35(16)25(38)39-15-17-3-2-8-31-12-17)24(37)22-14-36-23(32-22)20(26(28,29)30)11-21(33-36)18-4-6-19(27)7-5-18;1-16-14-29(11-12-30(16)24(34)21(32)13-25(2,3)4)23(33)20-15-31-22(27-20)10-9-19(28-31)17-5-7-18(26)8-6-17/h7-10,13,16-18,24,35H,5-6,11-12,14-15H2,1-4H3;2-8,11-12,14,16H,9-10,13,15H2,1H3;5-10,15-16,21,32H,11-14H2,1-4H3/t17-,24+;16-;16-,21+/m000/s1. The normalized spacial score (nSPS) is 17.7. The Labute approximate surface area is 630 Å². The van der Waals surface area contributed by atoms with Gasteiger partial charge in [-0.3, -0.25) is 29.0 Å². The average Bonchev–Trinajstić information content (AvgIpc) is 1.62. The van der Waals surface area contributed by atoms with Gasteiger partial charge in [0.25, 0.3) is 29.5 Å². The Morgan fingerprint density at radius 3 is 1.36 bits per heavy atom. The lowest BCUT2D eigenvalue weighted by Crippen LogP contribution is -2.57. The number of aliphatic hydroxyl groups is 2. The van der Waals surface area contributed by atoms with E-state index in [4.69, 9.17) is 4.74 Å². The maximum Gasteiger partial charge on any atom is 0.420 e. The molecule has 10 aromatic rings. The van der Waals surface area contributed by atoms with E-state index >= 15 is 0 Å². The van der Waals surface area contributed by atoms with Gasteiger partial charge in [-0.15, -0.1) is 0 Å². The number of fused-ring (bicyclic) bond motifs is 3. The molecule has 7 aromatic heterocycles. The summed E-state index contributed by atoms with van der Waals surface area (Å²) in [6.45, 7) is 20.1. The zero-order valence-corrected chi connectivity index (χ0v) is 62.3. The summed E-state index contributed by atoms with van der Waals surface area (Å²) in [7, 11) is 0. The number of amides is 6. The number of nitrogens with zero attached hydrogens (tertiary/aromatic N) is 16. The van der Waals surface area contributed by atoms with Crippen LogP contribution in [0.5, 0.6) is 0 Å². The molecule has 5 atom stereocenters. The molecule has 0 bridgehead atoms. The van der Waals surface area contributed by atoms with Crippen molar-refractivity contribution >= 4 is 52.6 Å². The van der Waals surface area contributed by atoms with E-state index in [1.54, 1.807) is 104 Å². The van der Waals surface area contributed by atoms with Gasteiger partial charge in [0.15, 0.2) is 16.9 Å². The van der Waals surface area contributed by atoms with Crippen molar-refractivity contribution in [2.45, 2.75) is 137 Å². The van der Waals surface area contributed by atoms with Crippen LogP contribution in [0.25, 0.3) is 50.7 Å². The molecular weight excluding hydrogens is 1430 g/mol. The fourth-order valence-corrected chi connectivity index (χ4v) is 13.6. The SMILES string of the molecule is C[C@H]1CN(C(=O)c2cn3nc(-c4ccc(F)cc4)cc(C(F)(F)F)c3n2)CCN1C(=O)OCc1cccnc1.C[C@H]1CN(C(=O)c2cn3nc(-c4ccc(F)cc4)cc(C4CC4)c3n2)CCN1C(=O)[C@H](O)CC(C)(C)C.C[C@H]1CN(C(=O)c2cn3nc(-c4ccc(F)cc4)ccc3n2)CCN1C(=O)[C@H](O)CC(C)(C)C. The number of carbonyl (C=O) groups is 6. The molecular formula is C79H86F6N16O9. The van der Waals surface area contributed by atoms with Gasteiger partial charge in [0.2, 0.25) is 0 Å².